The Labute approximate surface area is 85.5 Å². The molecular formula is C12H29N. The first-order valence-corrected chi connectivity index (χ1v) is 5.78. The van der Waals surface area contributed by atoms with Gasteiger partial charge in [-0.25, -0.2) is 0 Å². The Kier molecular flexibility index (Phi) is 10.2. The monoisotopic (exact) mass is 187 g/mol. The van der Waals surface area contributed by atoms with Gasteiger partial charge < -0.3 is 4.90 Å². The van der Waals surface area contributed by atoms with Crippen LogP contribution in [0, 0.1) is 5.41 Å². The smallest absolute Gasteiger partial charge is 0.00323 e. The molecule has 0 aliphatic heterocycles. The maximum absolute atomic E-state index is 2.49. The molecule has 0 saturated heterocycles. The van der Waals surface area contributed by atoms with Gasteiger partial charge in [0.1, 0.15) is 0 Å². The van der Waals surface area contributed by atoms with Crippen LogP contribution >= 0.6 is 0 Å². The predicted molar refractivity (Wildman–Crippen MR) is 63.2 cm³/mol. The normalized spacial score (nSPS) is 11.1. The zero-order valence-electron chi connectivity index (χ0n) is 10.8. The fourth-order valence-electron chi connectivity index (χ4n) is 1.16. The Balaban J connectivity index is 0. The van der Waals surface area contributed by atoms with Gasteiger partial charge >= 0.3 is 0 Å². The SMILES string of the molecule is CC.CCN(CC)CC(C)(C)CC. The van der Waals surface area contributed by atoms with Crippen LogP contribution in [0.4, 0.5) is 0 Å². The van der Waals surface area contributed by atoms with E-state index in [9.17, 15) is 0 Å². The van der Waals surface area contributed by atoms with Crippen LogP contribution in [0.2, 0.25) is 0 Å². The van der Waals surface area contributed by atoms with Crippen LogP contribution in [-0.4, -0.2) is 24.5 Å². The van der Waals surface area contributed by atoms with E-state index in [0.717, 1.165) is 0 Å². The van der Waals surface area contributed by atoms with Crippen molar-refractivity contribution in [3.05, 3.63) is 0 Å². The molecular weight excluding hydrogens is 158 g/mol. The first-order chi connectivity index (χ1) is 6.05. The molecule has 0 aromatic carbocycles. The zero-order chi connectivity index (χ0) is 10.9. The fraction of sp³-hybridized carbons (Fsp3) is 1.00. The summed E-state index contributed by atoms with van der Waals surface area (Å²) < 4.78 is 0. The largest absolute Gasteiger partial charge is 0.303 e. The molecule has 0 radical (unpaired) electrons. The van der Waals surface area contributed by atoms with Crippen molar-refractivity contribution < 1.29 is 0 Å². The van der Waals surface area contributed by atoms with Gasteiger partial charge in [0, 0.05) is 6.54 Å². The van der Waals surface area contributed by atoms with Crippen LogP contribution in [0.15, 0.2) is 0 Å². The highest BCUT2D eigenvalue weighted by Crippen LogP contribution is 2.20. The van der Waals surface area contributed by atoms with Crippen molar-refractivity contribution in [2.24, 2.45) is 5.41 Å². The summed E-state index contributed by atoms with van der Waals surface area (Å²) in [5, 5.41) is 0. The molecule has 0 unspecified atom stereocenters. The first-order valence-electron chi connectivity index (χ1n) is 5.78. The zero-order valence-corrected chi connectivity index (χ0v) is 10.8. The van der Waals surface area contributed by atoms with Gasteiger partial charge in [0.05, 0.1) is 0 Å². The lowest BCUT2D eigenvalue weighted by atomic mass is 9.90. The van der Waals surface area contributed by atoms with E-state index in [0.29, 0.717) is 5.41 Å². The van der Waals surface area contributed by atoms with E-state index in [1.54, 1.807) is 0 Å². The molecule has 0 amide bonds. The van der Waals surface area contributed by atoms with E-state index in [-0.39, 0.29) is 0 Å². The third-order valence-electron chi connectivity index (χ3n) is 2.50. The van der Waals surface area contributed by atoms with E-state index < -0.39 is 0 Å². The molecule has 0 saturated carbocycles. The molecule has 82 valence electrons. The van der Waals surface area contributed by atoms with Gasteiger partial charge in [0.25, 0.3) is 0 Å². The van der Waals surface area contributed by atoms with Gasteiger partial charge in [-0.05, 0) is 24.9 Å². The highest BCUT2D eigenvalue weighted by molar-refractivity contribution is 4.70. The predicted octanol–water partition coefficient (Wildman–Crippen LogP) is 3.79. The van der Waals surface area contributed by atoms with Crippen LogP contribution in [0.3, 0.4) is 0 Å². The third-order valence-corrected chi connectivity index (χ3v) is 2.50. The molecule has 0 spiro atoms. The summed E-state index contributed by atoms with van der Waals surface area (Å²) in [7, 11) is 0. The molecule has 0 aliphatic rings. The number of rotatable bonds is 5. The molecule has 13 heavy (non-hydrogen) atoms. The van der Waals surface area contributed by atoms with E-state index in [4.69, 9.17) is 0 Å². The molecule has 0 aromatic rings. The molecule has 0 aliphatic carbocycles. The average molecular weight is 187 g/mol. The maximum atomic E-state index is 2.49. The summed E-state index contributed by atoms with van der Waals surface area (Å²) >= 11 is 0. The molecule has 0 bridgehead atoms. The first kappa shape index (κ1) is 15.4. The molecule has 1 nitrogen and oxygen atoms in total. The fourth-order valence-corrected chi connectivity index (χ4v) is 1.16. The van der Waals surface area contributed by atoms with Crippen LogP contribution < -0.4 is 0 Å². The van der Waals surface area contributed by atoms with Gasteiger partial charge in [0.15, 0.2) is 0 Å². The lowest BCUT2D eigenvalue weighted by molar-refractivity contribution is 0.187. The Morgan fingerprint density at radius 3 is 1.54 bits per heavy atom. The lowest BCUT2D eigenvalue weighted by Gasteiger charge is -2.30. The summed E-state index contributed by atoms with van der Waals surface area (Å²) in [6, 6.07) is 0. The van der Waals surface area contributed by atoms with Crippen molar-refractivity contribution in [1.82, 2.24) is 4.90 Å². The quantitative estimate of drug-likeness (QED) is 0.633. The van der Waals surface area contributed by atoms with Crippen molar-refractivity contribution in [2.45, 2.75) is 54.9 Å². The van der Waals surface area contributed by atoms with Crippen LogP contribution in [0.1, 0.15) is 54.9 Å². The highest BCUT2D eigenvalue weighted by Gasteiger charge is 2.17. The topological polar surface area (TPSA) is 3.24 Å². The molecule has 0 N–H and O–H groups in total. The lowest BCUT2D eigenvalue weighted by Crippen LogP contribution is -2.33. The minimum absolute atomic E-state index is 0.492. The van der Waals surface area contributed by atoms with Crippen molar-refractivity contribution in [3.63, 3.8) is 0 Å². The minimum Gasteiger partial charge on any atom is -0.303 e. The summed E-state index contributed by atoms with van der Waals surface area (Å²) in [6.45, 7) is 19.0. The van der Waals surface area contributed by atoms with Crippen LogP contribution in [-0.2, 0) is 0 Å². The molecule has 0 rings (SSSR count). The molecule has 0 atom stereocenters. The molecule has 1 heteroatoms. The van der Waals surface area contributed by atoms with Gasteiger partial charge in [-0.15, -0.1) is 0 Å². The summed E-state index contributed by atoms with van der Waals surface area (Å²) in [6.07, 6.45) is 1.27. The van der Waals surface area contributed by atoms with Gasteiger partial charge in [0.2, 0.25) is 0 Å². The third kappa shape index (κ3) is 8.29. The van der Waals surface area contributed by atoms with Crippen LogP contribution in [0.25, 0.3) is 0 Å². The van der Waals surface area contributed by atoms with E-state index in [1.165, 1.54) is 26.1 Å². The Bertz CT molecular complexity index is 93.3. The van der Waals surface area contributed by atoms with Crippen LogP contribution in [0.5, 0.6) is 0 Å². The summed E-state index contributed by atoms with van der Waals surface area (Å²) in [4.78, 5) is 2.49. The maximum Gasteiger partial charge on any atom is 0.00323 e. The second-order valence-electron chi connectivity index (χ2n) is 3.98. The van der Waals surface area contributed by atoms with Crippen molar-refractivity contribution in [2.75, 3.05) is 19.6 Å². The number of hydrogen-bond donors (Lipinski definition) is 0. The molecule has 0 fully saturated rings. The van der Waals surface area contributed by atoms with Crippen molar-refractivity contribution >= 4 is 0 Å². The Hall–Kier alpha value is -0.0400. The summed E-state index contributed by atoms with van der Waals surface area (Å²) in [5.74, 6) is 0. The summed E-state index contributed by atoms with van der Waals surface area (Å²) in [5.41, 5.74) is 0.492. The minimum atomic E-state index is 0.492. The molecule has 0 aromatic heterocycles. The molecule has 0 heterocycles. The van der Waals surface area contributed by atoms with E-state index >= 15 is 0 Å². The van der Waals surface area contributed by atoms with Crippen molar-refractivity contribution in [1.29, 1.82) is 0 Å². The van der Waals surface area contributed by atoms with E-state index in [2.05, 4.69) is 39.5 Å². The second kappa shape index (κ2) is 8.55. The second-order valence-corrected chi connectivity index (χ2v) is 3.98. The van der Waals surface area contributed by atoms with E-state index in [1.807, 2.05) is 13.8 Å². The standard InChI is InChI=1S/C10H23N.C2H6/c1-6-10(4,5)9-11(7-2)8-3;1-2/h6-9H2,1-5H3;1-2H3. The van der Waals surface area contributed by atoms with Gasteiger partial charge in [-0.2, -0.15) is 0 Å². The van der Waals surface area contributed by atoms with Gasteiger partial charge in [-0.1, -0.05) is 48.5 Å². The van der Waals surface area contributed by atoms with Gasteiger partial charge in [-0.3, -0.25) is 0 Å². The number of hydrogen-bond acceptors (Lipinski definition) is 1. The van der Waals surface area contributed by atoms with Crippen molar-refractivity contribution in [3.8, 4) is 0 Å². The Morgan fingerprint density at radius 2 is 1.31 bits per heavy atom. The Morgan fingerprint density at radius 1 is 0.923 bits per heavy atom. The number of nitrogens with zero attached hydrogens (tertiary/aromatic N) is 1. The highest BCUT2D eigenvalue weighted by atomic mass is 15.1. The average Bonchev–Trinajstić information content (AvgIpc) is 2.17.